The summed E-state index contributed by atoms with van der Waals surface area (Å²) in [5.74, 6) is -0.434. The van der Waals surface area contributed by atoms with Gasteiger partial charge in [0.15, 0.2) is 6.10 Å². The second kappa shape index (κ2) is 7.92. The van der Waals surface area contributed by atoms with E-state index in [-0.39, 0.29) is 13.2 Å². The zero-order chi connectivity index (χ0) is 14.3. The van der Waals surface area contributed by atoms with Gasteiger partial charge in [-0.05, 0) is 29.9 Å². The third kappa shape index (κ3) is 5.41. The topological polar surface area (TPSA) is 66.8 Å². The number of ether oxygens (including phenoxy) is 1. The standard InChI is InChI=1S/C15H22O4/c1-11(2)10-12-4-6-13(7-5-12)14(15(17)18)19-9-3-8-16/h4-7,11,14,16H,3,8-10H2,1-2H3,(H,17,18). The molecular formula is C15H22O4. The van der Waals surface area contributed by atoms with Crippen molar-refractivity contribution < 1.29 is 19.7 Å². The number of benzene rings is 1. The van der Waals surface area contributed by atoms with E-state index in [9.17, 15) is 4.79 Å². The van der Waals surface area contributed by atoms with Gasteiger partial charge in [-0.1, -0.05) is 38.1 Å². The monoisotopic (exact) mass is 266 g/mol. The van der Waals surface area contributed by atoms with E-state index in [1.807, 2.05) is 12.1 Å². The highest BCUT2D eigenvalue weighted by Crippen LogP contribution is 2.19. The molecule has 106 valence electrons. The van der Waals surface area contributed by atoms with Crippen LogP contribution in [-0.4, -0.2) is 29.4 Å². The maximum atomic E-state index is 11.2. The Labute approximate surface area is 114 Å². The molecule has 0 fully saturated rings. The Morgan fingerprint density at radius 1 is 1.26 bits per heavy atom. The molecule has 0 aliphatic carbocycles. The molecule has 0 bridgehead atoms. The molecule has 2 N–H and O–H groups in total. The normalized spacial score (nSPS) is 12.6. The number of carbonyl (C=O) groups is 1. The van der Waals surface area contributed by atoms with Crippen molar-refractivity contribution in [3.63, 3.8) is 0 Å². The fourth-order valence-corrected chi connectivity index (χ4v) is 1.88. The zero-order valence-corrected chi connectivity index (χ0v) is 11.5. The second-order valence-corrected chi connectivity index (χ2v) is 5.01. The molecule has 4 heteroatoms. The molecule has 0 amide bonds. The van der Waals surface area contributed by atoms with Crippen LogP contribution in [0.25, 0.3) is 0 Å². The first-order chi connectivity index (χ1) is 9.04. The molecule has 1 aromatic carbocycles. The summed E-state index contributed by atoms with van der Waals surface area (Å²) in [6.07, 6.45) is 0.457. The molecule has 0 aliphatic rings. The van der Waals surface area contributed by atoms with Crippen LogP contribution in [0.4, 0.5) is 0 Å². The van der Waals surface area contributed by atoms with Crippen LogP contribution < -0.4 is 0 Å². The Morgan fingerprint density at radius 2 is 1.89 bits per heavy atom. The number of aliphatic hydroxyl groups is 1. The molecule has 1 rings (SSSR count). The summed E-state index contributed by atoms with van der Waals surface area (Å²) >= 11 is 0. The van der Waals surface area contributed by atoms with E-state index in [1.54, 1.807) is 12.1 Å². The average molecular weight is 266 g/mol. The van der Waals surface area contributed by atoms with Crippen LogP contribution in [0, 0.1) is 5.92 Å². The maximum absolute atomic E-state index is 11.2. The van der Waals surface area contributed by atoms with Crippen molar-refractivity contribution in [3.05, 3.63) is 35.4 Å². The minimum Gasteiger partial charge on any atom is -0.479 e. The third-order valence-electron chi connectivity index (χ3n) is 2.74. The molecule has 1 atom stereocenters. The third-order valence-corrected chi connectivity index (χ3v) is 2.74. The van der Waals surface area contributed by atoms with Gasteiger partial charge in [0.05, 0.1) is 6.61 Å². The van der Waals surface area contributed by atoms with E-state index in [0.717, 1.165) is 6.42 Å². The van der Waals surface area contributed by atoms with Crippen LogP contribution in [0.15, 0.2) is 24.3 Å². The van der Waals surface area contributed by atoms with Crippen LogP contribution in [0.2, 0.25) is 0 Å². The van der Waals surface area contributed by atoms with Crippen LogP contribution >= 0.6 is 0 Å². The van der Waals surface area contributed by atoms with Gasteiger partial charge < -0.3 is 14.9 Å². The van der Waals surface area contributed by atoms with Gasteiger partial charge in [-0.2, -0.15) is 0 Å². The minimum absolute atomic E-state index is 0.000332. The van der Waals surface area contributed by atoms with Crippen LogP contribution in [0.1, 0.15) is 37.5 Å². The Morgan fingerprint density at radius 3 is 2.37 bits per heavy atom. The van der Waals surface area contributed by atoms with E-state index in [4.69, 9.17) is 14.9 Å². The molecule has 4 nitrogen and oxygen atoms in total. The largest absolute Gasteiger partial charge is 0.479 e. The fourth-order valence-electron chi connectivity index (χ4n) is 1.88. The number of aliphatic hydroxyl groups excluding tert-OH is 1. The summed E-state index contributed by atoms with van der Waals surface area (Å²) in [6.45, 7) is 4.53. The Balaban J connectivity index is 2.71. The van der Waals surface area contributed by atoms with Crippen LogP contribution in [0.5, 0.6) is 0 Å². The molecule has 1 aromatic rings. The lowest BCUT2D eigenvalue weighted by atomic mass is 10.0. The maximum Gasteiger partial charge on any atom is 0.337 e. The SMILES string of the molecule is CC(C)Cc1ccc(C(OCCCO)C(=O)O)cc1. The van der Waals surface area contributed by atoms with Crippen molar-refractivity contribution in [3.8, 4) is 0 Å². The highest BCUT2D eigenvalue weighted by molar-refractivity contribution is 5.74. The van der Waals surface area contributed by atoms with E-state index < -0.39 is 12.1 Å². The molecule has 0 heterocycles. The number of hydrogen-bond donors (Lipinski definition) is 2. The van der Waals surface area contributed by atoms with Gasteiger partial charge in [0.25, 0.3) is 0 Å². The predicted molar refractivity (Wildman–Crippen MR) is 73.0 cm³/mol. The number of aliphatic carboxylic acids is 1. The summed E-state index contributed by atoms with van der Waals surface area (Å²) < 4.78 is 5.29. The first kappa shape index (κ1) is 15.7. The highest BCUT2D eigenvalue weighted by Gasteiger charge is 2.20. The Bertz CT molecular complexity index is 384. The quantitative estimate of drug-likeness (QED) is 0.709. The van der Waals surface area contributed by atoms with Crippen molar-refractivity contribution in [1.82, 2.24) is 0 Å². The van der Waals surface area contributed by atoms with Gasteiger partial charge in [0, 0.05) is 6.61 Å². The molecule has 0 aromatic heterocycles. The second-order valence-electron chi connectivity index (χ2n) is 5.01. The van der Waals surface area contributed by atoms with Gasteiger partial charge in [-0.3, -0.25) is 0 Å². The summed E-state index contributed by atoms with van der Waals surface area (Å²) in [6, 6.07) is 7.49. The fraction of sp³-hybridized carbons (Fsp3) is 0.533. The summed E-state index contributed by atoms with van der Waals surface area (Å²) in [7, 11) is 0. The van der Waals surface area contributed by atoms with E-state index in [2.05, 4.69) is 13.8 Å². The molecule has 1 unspecified atom stereocenters. The predicted octanol–water partition coefficient (Wildman–Crippen LogP) is 2.41. The molecule has 0 aliphatic heterocycles. The van der Waals surface area contributed by atoms with Gasteiger partial charge >= 0.3 is 5.97 Å². The van der Waals surface area contributed by atoms with Crippen molar-refractivity contribution in [2.45, 2.75) is 32.8 Å². The molecular weight excluding hydrogens is 244 g/mol. The van der Waals surface area contributed by atoms with E-state index in [0.29, 0.717) is 17.9 Å². The lowest BCUT2D eigenvalue weighted by Crippen LogP contribution is -2.16. The van der Waals surface area contributed by atoms with Crippen molar-refractivity contribution in [2.24, 2.45) is 5.92 Å². The number of carboxylic acids is 1. The van der Waals surface area contributed by atoms with Crippen molar-refractivity contribution in [2.75, 3.05) is 13.2 Å². The Kier molecular flexibility index (Phi) is 6.53. The van der Waals surface area contributed by atoms with Gasteiger partial charge in [-0.15, -0.1) is 0 Å². The van der Waals surface area contributed by atoms with Gasteiger partial charge in [-0.25, -0.2) is 4.79 Å². The van der Waals surface area contributed by atoms with E-state index >= 15 is 0 Å². The number of rotatable bonds is 8. The first-order valence-corrected chi connectivity index (χ1v) is 6.58. The zero-order valence-electron chi connectivity index (χ0n) is 11.5. The van der Waals surface area contributed by atoms with Crippen LogP contribution in [0.3, 0.4) is 0 Å². The van der Waals surface area contributed by atoms with Crippen molar-refractivity contribution in [1.29, 1.82) is 0 Å². The van der Waals surface area contributed by atoms with E-state index in [1.165, 1.54) is 5.56 Å². The first-order valence-electron chi connectivity index (χ1n) is 6.58. The molecule has 19 heavy (non-hydrogen) atoms. The van der Waals surface area contributed by atoms with Gasteiger partial charge in [0.2, 0.25) is 0 Å². The molecule has 0 radical (unpaired) electrons. The summed E-state index contributed by atoms with van der Waals surface area (Å²) in [5.41, 5.74) is 1.83. The smallest absolute Gasteiger partial charge is 0.337 e. The van der Waals surface area contributed by atoms with Gasteiger partial charge in [0.1, 0.15) is 0 Å². The molecule has 0 saturated heterocycles. The molecule has 0 saturated carbocycles. The molecule has 0 spiro atoms. The number of hydrogen-bond acceptors (Lipinski definition) is 3. The van der Waals surface area contributed by atoms with Crippen LogP contribution in [-0.2, 0) is 16.0 Å². The highest BCUT2D eigenvalue weighted by atomic mass is 16.5. The summed E-state index contributed by atoms with van der Waals surface area (Å²) in [5, 5.41) is 17.8. The average Bonchev–Trinajstić information content (AvgIpc) is 2.35. The lowest BCUT2D eigenvalue weighted by molar-refractivity contribution is -0.151. The minimum atomic E-state index is -1.01. The lowest BCUT2D eigenvalue weighted by Gasteiger charge is -2.14. The summed E-state index contributed by atoms with van der Waals surface area (Å²) in [4.78, 5) is 11.2. The Hall–Kier alpha value is -1.39. The number of carboxylic acid groups (broad SMARTS) is 1. The van der Waals surface area contributed by atoms with Crippen molar-refractivity contribution >= 4 is 5.97 Å².